The number of aryl methyl sites for hydroxylation is 1. The monoisotopic (exact) mass is 236 g/mol. The number of aliphatic hydroxyl groups is 1. The topological polar surface area (TPSA) is 70.1 Å². The van der Waals surface area contributed by atoms with Crippen molar-refractivity contribution in [2.24, 2.45) is 0 Å². The average molecular weight is 236 g/mol. The fraction of sp³-hybridized carbons (Fsp3) is 0.667. The highest BCUT2D eigenvalue weighted by Crippen LogP contribution is 2.12. The first-order valence-electron chi connectivity index (χ1n) is 6.27. The fourth-order valence-electron chi connectivity index (χ4n) is 2.12. The first-order chi connectivity index (χ1) is 8.38. The molecule has 3 N–H and O–H groups in total. The Morgan fingerprint density at radius 1 is 1.47 bits per heavy atom. The van der Waals surface area contributed by atoms with E-state index in [0.717, 1.165) is 30.9 Å². The van der Waals surface area contributed by atoms with Gasteiger partial charge in [0, 0.05) is 18.8 Å². The third-order valence-corrected chi connectivity index (χ3v) is 3.01. The van der Waals surface area contributed by atoms with Gasteiger partial charge in [-0.05, 0) is 32.2 Å². The largest absolute Gasteiger partial charge is 0.395 e. The van der Waals surface area contributed by atoms with Gasteiger partial charge in [0.25, 0.3) is 0 Å². The molecule has 1 atom stereocenters. The molecule has 0 saturated carbocycles. The molecule has 1 aliphatic heterocycles. The molecular formula is C12H20N4O. The summed E-state index contributed by atoms with van der Waals surface area (Å²) < 4.78 is 0. The number of anilines is 1. The van der Waals surface area contributed by atoms with Gasteiger partial charge in [-0.15, -0.1) is 0 Å². The second-order valence-corrected chi connectivity index (χ2v) is 4.38. The van der Waals surface area contributed by atoms with Crippen molar-refractivity contribution in [3.8, 4) is 0 Å². The molecular weight excluding hydrogens is 216 g/mol. The van der Waals surface area contributed by atoms with Crippen LogP contribution in [-0.2, 0) is 6.42 Å². The maximum absolute atomic E-state index is 8.72. The predicted octanol–water partition coefficient (Wildman–Crippen LogP) is 0.565. The third kappa shape index (κ3) is 3.94. The molecule has 0 aromatic carbocycles. The molecule has 2 rings (SSSR count). The minimum atomic E-state index is 0.109. The van der Waals surface area contributed by atoms with E-state index in [-0.39, 0.29) is 6.61 Å². The quantitative estimate of drug-likeness (QED) is 0.673. The molecule has 0 aliphatic carbocycles. The Kier molecular flexibility index (Phi) is 4.70. The Bertz CT molecular complexity index is 339. The van der Waals surface area contributed by atoms with E-state index in [1.54, 1.807) is 6.20 Å². The minimum Gasteiger partial charge on any atom is -0.395 e. The smallest absolute Gasteiger partial charge is 0.144 e. The average Bonchev–Trinajstić information content (AvgIpc) is 2.87. The second-order valence-electron chi connectivity index (χ2n) is 4.38. The zero-order chi connectivity index (χ0) is 11.9. The van der Waals surface area contributed by atoms with Crippen LogP contribution in [0.15, 0.2) is 12.4 Å². The number of hydrogen-bond acceptors (Lipinski definition) is 5. The molecule has 5 heteroatoms. The van der Waals surface area contributed by atoms with E-state index >= 15 is 0 Å². The van der Waals surface area contributed by atoms with Gasteiger partial charge >= 0.3 is 0 Å². The van der Waals surface area contributed by atoms with Crippen molar-refractivity contribution in [1.82, 2.24) is 15.3 Å². The molecule has 1 saturated heterocycles. The van der Waals surface area contributed by atoms with E-state index in [9.17, 15) is 0 Å². The Labute approximate surface area is 102 Å². The van der Waals surface area contributed by atoms with Crippen LogP contribution in [0.4, 0.5) is 5.82 Å². The molecule has 0 bridgehead atoms. The highest BCUT2D eigenvalue weighted by Gasteiger charge is 2.13. The van der Waals surface area contributed by atoms with E-state index in [1.807, 2.05) is 6.20 Å². The summed E-state index contributed by atoms with van der Waals surface area (Å²) in [5.41, 5.74) is 1.02. The molecule has 5 nitrogen and oxygen atoms in total. The molecule has 2 heterocycles. The number of hydrogen-bond donors (Lipinski definition) is 3. The van der Waals surface area contributed by atoms with Crippen molar-refractivity contribution in [2.45, 2.75) is 31.7 Å². The summed E-state index contributed by atoms with van der Waals surface area (Å²) in [5, 5.41) is 15.2. The molecule has 0 radical (unpaired) electrons. The van der Waals surface area contributed by atoms with Gasteiger partial charge in [0.15, 0.2) is 0 Å². The molecule has 0 amide bonds. The first kappa shape index (κ1) is 12.3. The number of rotatable bonds is 6. The number of aliphatic hydroxyl groups excluding tert-OH is 1. The Hall–Kier alpha value is -1.20. The zero-order valence-electron chi connectivity index (χ0n) is 10.0. The molecule has 1 aromatic rings. The second kappa shape index (κ2) is 6.51. The minimum absolute atomic E-state index is 0.109. The van der Waals surface area contributed by atoms with Gasteiger partial charge in [0.2, 0.25) is 0 Å². The highest BCUT2D eigenvalue weighted by molar-refractivity contribution is 5.31. The van der Waals surface area contributed by atoms with Crippen molar-refractivity contribution in [3.63, 3.8) is 0 Å². The Balaban J connectivity index is 1.82. The molecule has 0 spiro atoms. The van der Waals surface area contributed by atoms with Gasteiger partial charge in [0.1, 0.15) is 5.82 Å². The van der Waals surface area contributed by atoms with Crippen LogP contribution in [0, 0.1) is 0 Å². The van der Waals surface area contributed by atoms with Crippen molar-refractivity contribution in [1.29, 1.82) is 0 Å². The van der Waals surface area contributed by atoms with Crippen LogP contribution in [0.3, 0.4) is 0 Å². The summed E-state index contributed by atoms with van der Waals surface area (Å²) in [6, 6.07) is 0.644. The lowest BCUT2D eigenvalue weighted by molar-refractivity contribution is 0.311. The lowest BCUT2D eigenvalue weighted by atomic mass is 10.1. The van der Waals surface area contributed by atoms with Crippen molar-refractivity contribution < 1.29 is 5.11 Å². The van der Waals surface area contributed by atoms with Gasteiger partial charge in [0.05, 0.1) is 18.5 Å². The number of nitrogens with one attached hydrogen (secondary N) is 2. The Morgan fingerprint density at radius 3 is 3.18 bits per heavy atom. The van der Waals surface area contributed by atoms with Gasteiger partial charge in [-0.3, -0.25) is 4.98 Å². The van der Waals surface area contributed by atoms with Crippen LogP contribution in [-0.4, -0.2) is 40.8 Å². The molecule has 1 aliphatic rings. The molecule has 1 aromatic heterocycles. The normalized spacial score (nSPS) is 19.5. The Morgan fingerprint density at radius 2 is 2.41 bits per heavy atom. The zero-order valence-corrected chi connectivity index (χ0v) is 10.0. The summed E-state index contributed by atoms with van der Waals surface area (Å²) in [6.07, 6.45) is 8.15. The molecule has 17 heavy (non-hydrogen) atoms. The van der Waals surface area contributed by atoms with Crippen molar-refractivity contribution in [3.05, 3.63) is 18.1 Å². The van der Waals surface area contributed by atoms with Crippen LogP contribution >= 0.6 is 0 Å². The van der Waals surface area contributed by atoms with Crippen LogP contribution in [0.1, 0.15) is 25.0 Å². The van der Waals surface area contributed by atoms with Gasteiger partial charge < -0.3 is 15.7 Å². The van der Waals surface area contributed by atoms with E-state index in [2.05, 4.69) is 20.6 Å². The fourth-order valence-corrected chi connectivity index (χ4v) is 2.12. The van der Waals surface area contributed by atoms with Crippen LogP contribution in [0.2, 0.25) is 0 Å². The maximum Gasteiger partial charge on any atom is 0.144 e. The standard InChI is InChI=1S/C12H20N4O/c17-7-6-15-12-9-13-8-11(16-12)4-3-10-2-1-5-14-10/h8-10,14,17H,1-7H2,(H,15,16)/t10-/m0/s1. The summed E-state index contributed by atoms with van der Waals surface area (Å²) in [6.45, 7) is 1.77. The summed E-state index contributed by atoms with van der Waals surface area (Å²) in [5.74, 6) is 0.746. The molecule has 94 valence electrons. The van der Waals surface area contributed by atoms with Crippen molar-refractivity contribution >= 4 is 5.82 Å². The first-order valence-corrected chi connectivity index (χ1v) is 6.27. The van der Waals surface area contributed by atoms with E-state index in [0.29, 0.717) is 12.6 Å². The number of aromatic nitrogens is 2. The van der Waals surface area contributed by atoms with Crippen LogP contribution in [0.5, 0.6) is 0 Å². The van der Waals surface area contributed by atoms with E-state index in [1.165, 1.54) is 12.8 Å². The van der Waals surface area contributed by atoms with Crippen LogP contribution < -0.4 is 10.6 Å². The van der Waals surface area contributed by atoms with Gasteiger partial charge in [-0.1, -0.05) is 0 Å². The van der Waals surface area contributed by atoms with Crippen LogP contribution in [0.25, 0.3) is 0 Å². The van der Waals surface area contributed by atoms with E-state index in [4.69, 9.17) is 5.11 Å². The SMILES string of the molecule is OCCNc1cncc(CC[C@@H]2CCCN2)n1. The summed E-state index contributed by atoms with van der Waals surface area (Å²) in [4.78, 5) is 8.61. The summed E-state index contributed by atoms with van der Waals surface area (Å²) in [7, 11) is 0. The molecule has 0 unspecified atom stereocenters. The van der Waals surface area contributed by atoms with E-state index < -0.39 is 0 Å². The predicted molar refractivity (Wildman–Crippen MR) is 67.0 cm³/mol. The van der Waals surface area contributed by atoms with Gasteiger partial charge in [-0.2, -0.15) is 0 Å². The highest BCUT2D eigenvalue weighted by atomic mass is 16.3. The lowest BCUT2D eigenvalue weighted by Gasteiger charge is -2.10. The summed E-state index contributed by atoms with van der Waals surface area (Å²) >= 11 is 0. The van der Waals surface area contributed by atoms with Crippen molar-refractivity contribution in [2.75, 3.05) is 25.0 Å². The molecule has 1 fully saturated rings. The van der Waals surface area contributed by atoms with Gasteiger partial charge in [-0.25, -0.2) is 4.98 Å². The lowest BCUT2D eigenvalue weighted by Crippen LogP contribution is -2.21. The number of nitrogens with zero attached hydrogens (tertiary/aromatic N) is 2. The third-order valence-electron chi connectivity index (χ3n) is 3.01. The maximum atomic E-state index is 8.72.